The van der Waals surface area contributed by atoms with Crippen molar-refractivity contribution in [3.8, 4) is 0 Å². The molecule has 0 saturated carbocycles. The van der Waals surface area contributed by atoms with Crippen LogP contribution in [0.4, 0.5) is 0 Å². The molecule has 0 aromatic carbocycles. The van der Waals surface area contributed by atoms with E-state index in [4.69, 9.17) is 5.73 Å². The van der Waals surface area contributed by atoms with Gasteiger partial charge < -0.3 is 11.1 Å². The summed E-state index contributed by atoms with van der Waals surface area (Å²) < 4.78 is 0. The number of unbranched alkanes of at least 4 members (excludes halogenated alkanes) is 6. The van der Waals surface area contributed by atoms with Crippen molar-refractivity contribution in [3.63, 3.8) is 0 Å². The van der Waals surface area contributed by atoms with Gasteiger partial charge in [-0.1, -0.05) is 39.0 Å². The largest absolute Gasteiger partial charge is 0.370 e. The summed E-state index contributed by atoms with van der Waals surface area (Å²) in [5, 5.41) is 2.93. The monoisotopic (exact) mass is 256 g/mol. The number of rotatable bonds is 12. The first kappa shape index (κ1) is 16.9. The van der Waals surface area contributed by atoms with Crippen molar-refractivity contribution < 1.29 is 9.59 Å². The predicted octanol–water partition coefficient (Wildman–Crippen LogP) is 2.51. The second kappa shape index (κ2) is 12.4. The third-order valence-electron chi connectivity index (χ3n) is 2.93. The molecule has 0 aliphatic heterocycles. The third-order valence-corrected chi connectivity index (χ3v) is 2.93. The summed E-state index contributed by atoms with van der Waals surface area (Å²) in [5.74, 6) is -0.0568. The fourth-order valence-electron chi connectivity index (χ4n) is 1.81. The lowest BCUT2D eigenvalue weighted by atomic mass is 10.1. The molecule has 0 fully saturated rings. The topological polar surface area (TPSA) is 72.2 Å². The lowest BCUT2D eigenvalue weighted by Gasteiger charge is -2.05. The van der Waals surface area contributed by atoms with Crippen LogP contribution in [-0.2, 0) is 9.59 Å². The Balaban J connectivity index is 3.17. The van der Waals surface area contributed by atoms with Gasteiger partial charge in [0.25, 0.3) is 0 Å². The molecule has 18 heavy (non-hydrogen) atoms. The van der Waals surface area contributed by atoms with E-state index < -0.39 is 0 Å². The highest BCUT2D eigenvalue weighted by Crippen LogP contribution is 2.03. The fourth-order valence-corrected chi connectivity index (χ4v) is 1.81. The van der Waals surface area contributed by atoms with E-state index in [1.807, 2.05) is 0 Å². The summed E-state index contributed by atoms with van der Waals surface area (Å²) >= 11 is 0. The van der Waals surface area contributed by atoms with Gasteiger partial charge in [0.15, 0.2) is 0 Å². The van der Waals surface area contributed by atoms with E-state index in [-0.39, 0.29) is 11.8 Å². The fraction of sp³-hybridized carbons (Fsp3) is 0.857. The molecule has 3 N–H and O–H groups in total. The highest BCUT2D eigenvalue weighted by molar-refractivity contribution is 5.75. The minimum absolute atomic E-state index is 0.170. The van der Waals surface area contributed by atoms with Gasteiger partial charge >= 0.3 is 0 Å². The van der Waals surface area contributed by atoms with E-state index in [0.717, 1.165) is 45.1 Å². The highest BCUT2D eigenvalue weighted by atomic mass is 16.1. The van der Waals surface area contributed by atoms with Crippen LogP contribution in [-0.4, -0.2) is 18.4 Å². The van der Waals surface area contributed by atoms with Crippen LogP contribution in [0.1, 0.15) is 71.1 Å². The molecule has 0 atom stereocenters. The van der Waals surface area contributed by atoms with Crippen molar-refractivity contribution in [1.29, 1.82) is 0 Å². The van der Waals surface area contributed by atoms with Crippen LogP contribution >= 0.6 is 0 Å². The number of amides is 2. The molecule has 106 valence electrons. The smallest absolute Gasteiger partial charge is 0.219 e. The van der Waals surface area contributed by atoms with Crippen molar-refractivity contribution in [2.24, 2.45) is 5.73 Å². The van der Waals surface area contributed by atoms with Crippen LogP contribution in [0.5, 0.6) is 0 Å². The molecular formula is C14H28N2O2. The number of carbonyl (C=O) groups is 2. The van der Waals surface area contributed by atoms with Gasteiger partial charge in [-0.15, -0.1) is 0 Å². The molecule has 2 amide bonds. The molecule has 0 aliphatic rings. The van der Waals surface area contributed by atoms with Crippen molar-refractivity contribution in [1.82, 2.24) is 5.32 Å². The number of nitrogens with two attached hydrogens (primary N) is 1. The summed E-state index contributed by atoms with van der Waals surface area (Å²) in [4.78, 5) is 21.9. The van der Waals surface area contributed by atoms with E-state index in [0.29, 0.717) is 12.8 Å². The Morgan fingerprint density at radius 3 is 2.17 bits per heavy atom. The van der Waals surface area contributed by atoms with Gasteiger partial charge in [0.05, 0.1) is 0 Å². The first-order valence-corrected chi connectivity index (χ1v) is 7.21. The SMILES string of the molecule is CCCCCCC(=O)NCCCCCCC(N)=O. The van der Waals surface area contributed by atoms with Crippen LogP contribution in [0.25, 0.3) is 0 Å². The third kappa shape index (κ3) is 13.0. The molecule has 0 aromatic rings. The lowest BCUT2D eigenvalue weighted by molar-refractivity contribution is -0.121. The normalized spacial score (nSPS) is 10.3. The molecular weight excluding hydrogens is 228 g/mol. The molecule has 0 radical (unpaired) electrons. The second-order valence-corrected chi connectivity index (χ2v) is 4.79. The Hall–Kier alpha value is -1.06. The molecule has 0 heterocycles. The van der Waals surface area contributed by atoms with Crippen LogP contribution < -0.4 is 11.1 Å². The van der Waals surface area contributed by atoms with E-state index in [9.17, 15) is 9.59 Å². The van der Waals surface area contributed by atoms with E-state index in [2.05, 4.69) is 12.2 Å². The maximum Gasteiger partial charge on any atom is 0.219 e. The first-order chi connectivity index (χ1) is 8.66. The van der Waals surface area contributed by atoms with Gasteiger partial charge in [0.2, 0.25) is 11.8 Å². The quantitative estimate of drug-likeness (QED) is 0.527. The summed E-state index contributed by atoms with van der Waals surface area (Å²) in [6.45, 7) is 2.92. The van der Waals surface area contributed by atoms with Crippen LogP contribution in [0.3, 0.4) is 0 Å². The zero-order valence-electron chi connectivity index (χ0n) is 11.7. The molecule has 4 heteroatoms. The highest BCUT2D eigenvalue weighted by Gasteiger charge is 2.00. The minimum atomic E-state index is -0.226. The van der Waals surface area contributed by atoms with Gasteiger partial charge in [-0.2, -0.15) is 0 Å². The van der Waals surface area contributed by atoms with Crippen molar-refractivity contribution in [2.45, 2.75) is 71.1 Å². The van der Waals surface area contributed by atoms with E-state index in [1.54, 1.807) is 0 Å². The van der Waals surface area contributed by atoms with Crippen LogP contribution in [0.2, 0.25) is 0 Å². The van der Waals surface area contributed by atoms with Gasteiger partial charge in [-0.05, 0) is 19.3 Å². The molecule has 0 rings (SSSR count). The Morgan fingerprint density at radius 2 is 1.50 bits per heavy atom. The minimum Gasteiger partial charge on any atom is -0.370 e. The molecule has 4 nitrogen and oxygen atoms in total. The molecule has 0 unspecified atom stereocenters. The van der Waals surface area contributed by atoms with E-state index in [1.165, 1.54) is 12.8 Å². The molecule has 0 spiro atoms. The summed E-state index contributed by atoms with van der Waals surface area (Å²) in [6.07, 6.45) is 9.60. The van der Waals surface area contributed by atoms with Crippen molar-refractivity contribution >= 4 is 11.8 Å². The zero-order valence-corrected chi connectivity index (χ0v) is 11.7. The van der Waals surface area contributed by atoms with Crippen LogP contribution in [0.15, 0.2) is 0 Å². The second-order valence-electron chi connectivity index (χ2n) is 4.79. The number of carbonyl (C=O) groups excluding carboxylic acids is 2. The zero-order chi connectivity index (χ0) is 13.6. The number of hydrogen-bond donors (Lipinski definition) is 2. The Labute approximate surface area is 111 Å². The predicted molar refractivity (Wildman–Crippen MR) is 74.0 cm³/mol. The van der Waals surface area contributed by atoms with Crippen LogP contribution in [0, 0.1) is 0 Å². The molecule has 0 bridgehead atoms. The average molecular weight is 256 g/mol. The standard InChI is InChI=1S/C14H28N2O2/c1-2-3-4-8-11-14(18)16-12-9-6-5-7-10-13(15)17/h2-12H2,1H3,(H2,15,17)(H,16,18). The van der Waals surface area contributed by atoms with Gasteiger partial charge in [0.1, 0.15) is 0 Å². The summed E-state index contributed by atoms with van der Waals surface area (Å²) in [5.41, 5.74) is 5.05. The van der Waals surface area contributed by atoms with Crippen molar-refractivity contribution in [3.05, 3.63) is 0 Å². The first-order valence-electron chi connectivity index (χ1n) is 7.21. The summed E-state index contributed by atoms with van der Waals surface area (Å²) in [7, 11) is 0. The molecule has 0 saturated heterocycles. The number of primary amides is 1. The van der Waals surface area contributed by atoms with Crippen molar-refractivity contribution in [2.75, 3.05) is 6.54 Å². The van der Waals surface area contributed by atoms with Gasteiger partial charge in [0, 0.05) is 19.4 Å². The lowest BCUT2D eigenvalue weighted by Crippen LogP contribution is -2.23. The summed E-state index contributed by atoms with van der Waals surface area (Å²) in [6, 6.07) is 0. The van der Waals surface area contributed by atoms with E-state index >= 15 is 0 Å². The number of hydrogen-bond acceptors (Lipinski definition) is 2. The van der Waals surface area contributed by atoms with Gasteiger partial charge in [-0.3, -0.25) is 9.59 Å². The number of nitrogens with one attached hydrogen (secondary N) is 1. The maximum absolute atomic E-state index is 11.4. The average Bonchev–Trinajstić information content (AvgIpc) is 2.33. The maximum atomic E-state index is 11.4. The molecule has 0 aromatic heterocycles. The molecule has 0 aliphatic carbocycles. The van der Waals surface area contributed by atoms with Gasteiger partial charge in [-0.25, -0.2) is 0 Å². The Kier molecular flexibility index (Phi) is 11.7. The Bertz CT molecular complexity index is 230. The Morgan fingerprint density at radius 1 is 0.889 bits per heavy atom.